The minimum Gasteiger partial charge on any atom is -0.494 e. The molecule has 2 N–H and O–H groups in total. The first-order valence-electron chi connectivity index (χ1n) is 13.6. The number of hydrogen-bond acceptors (Lipinski definition) is 6. The van der Waals surface area contributed by atoms with Crippen molar-refractivity contribution < 1.29 is 49.1 Å². The molecule has 2 heterocycles. The Hall–Kier alpha value is -3.07. The summed E-state index contributed by atoms with van der Waals surface area (Å²) in [5, 5.41) is 1.16. The van der Waals surface area contributed by atoms with Crippen molar-refractivity contribution in [1.82, 2.24) is 10.0 Å². The molecule has 0 spiro atoms. The van der Waals surface area contributed by atoms with Crippen molar-refractivity contribution in [3.8, 4) is 5.75 Å². The van der Waals surface area contributed by atoms with E-state index in [1.54, 1.807) is 6.07 Å². The number of aryl methyl sites for hydroxylation is 1. The number of halogens is 6. The van der Waals surface area contributed by atoms with Crippen molar-refractivity contribution in [1.29, 1.82) is 0 Å². The molecule has 2 aliphatic rings. The number of benzene rings is 1. The van der Waals surface area contributed by atoms with E-state index < -0.39 is 63.4 Å². The lowest BCUT2D eigenvalue weighted by molar-refractivity contribution is -0.201. The number of rotatable bonds is 12. The summed E-state index contributed by atoms with van der Waals surface area (Å²) in [6.45, 7) is 1.89. The maximum Gasteiger partial charge on any atom is 0.416 e. The minimum absolute atomic E-state index is 0.0611. The van der Waals surface area contributed by atoms with Crippen LogP contribution in [0.2, 0.25) is 0 Å². The zero-order chi connectivity index (χ0) is 31.6. The molecule has 0 radical (unpaired) electrons. The van der Waals surface area contributed by atoms with Crippen molar-refractivity contribution in [2.45, 2.75) is 81.4 Å². The number of alkyl halides is 6. The summed E-state index contributed by atoms with van der Waals surface area (Å²) in [6.07, 6.45) is -9.33. The third kappa shape index (κ3) is 7.72. The van der Waals surface area contributed by atoms with Gasteiger partial charge in [-0.15, -0.1) is 11.3 Å². The van der Waals surface area contributed by atoms with Crippen LogP contribution in [0, 0.1) is 0 Å². The van der Waals surface area contributed by atoms with E-state index in [9.17, 15) is 44.3 Å². The quantitative estimate of drug-likeness (QED) is 0.163. The molecule has 1 aromatic carbocycles. The van der Waals surface area contributed by atoms with Crippen LogP contribution >= 0.6 is 11.3 Å². The Bertz CT molecular complexity index is 1480. The van der Waals surface area contributed by atoms with Gasteiger partial charge in [0.15, 0.2) is 5.54 Å². The van der Waals surface area contributed by atoms with Crippen LogP contribution in [0.15, 0.2) is 42.0 Å². The van der Waals surface area contributed by atoms with Crippen LogP contribution < -0.4 is 14.8 Å². The van der Waals surface area contributed by atoms with Gasteiger partial charge in [0.2, 0.25) is 10.0 Å². The molecule has 1 aromatic heterocycles. The lowest BCUT2D eigenvalue weighted by atomic mass is 9.78. The van der Waals surface area contributed by atoms with E-state index in [1.165, 1.54) is 18.2 Å². The number of nitrogens with one attached hydrogen (secondary N) is 2. The van der Waals surface area contributed by atoms with E-state index in [0.717, 1.165) is 28.3 Å². The summed E-state index contributed by atoms with van der Waals surface area (Å²) in [6, 6.07) is 7.95. The summed E-state index contributed by atoms with van der Waals surface area (Å²) in [5.74, 6) is -2.47. The van der Waals surface area contributed by atoms with Crippen molar-refractivity contribution >= 4 is 38.7 Å². The maximum atomic E-state index is 14.9. The fourth-order valence-corrected chi connectivity index (χ4v) is 7.03. The SMILES string of the molecule is CCc1ccc(C2=C(C(=O)NS(=O)(=O)C3CC3)C(=O)NC(c3ccc(OCCCCCC(F)(F)F)cc3)(C(F)(F)F)C2)s1. The maximum absolute atomic E-state index is 14.9. The molecule has 1 atom stereocenters. The van der Waals surface area contributed by atoms with Crippen LogP contribution in [-0.4, -0.2) is 44.4 Å². The molecule has 7 nitrogen and oxygen atoms in total. The zero-order valence-corrected chi connectivity index (χ0v) is 24.7. The molecule has 2 amide bonds. The second-order valence-corrected chi connectivity index (χ2v) is 13.6. The molecule has 1 aliphatic heterocycles. The van der Waals surface area contributed by atoms with Gasteiger partial charge in [-0.05, 0) is 73.9 Å². The molecule has 0 bridgehead atoms. The van der Waals surface area contributed by atoms with Crippen LogP contribution in [-0.2, 0) is 31.6 Å². The van der Waals surface area contributed by atoms with Gasteiger partial charge in [0.05, 0.1) is 11.9 Å². The smallest absolute Gasteiger partial charge is 0.416 e. The Balaban J connectivity index is 1.62. The van der Waals surface area contributed by atoms with E-state index >= 15 is 0 Å². The topological polar surface area (TPSA) is 102 Å². The summed E-state index contributed by atoms with van der Waals surface area (Å²) >= 11 is 1.11. The highest BCUT2D eigenvalue weighted by Gasteiger charge is 2.60. The lowest BCUT2D eigenvalue weighted by Crippen LogP contribution is -2.59. The number of sulfonamides is 1. The molecule has 4 rings (SSSR count). The standard InChI is InChI=1S/C28H30F6N2O5S2/c1-2-19-10-13-22(42-19)21-16-26(28(32,33)34,35-24(37)23(21)25(38)36-43(39,40)20-11-12-20)17-6-8-18(9-7-17)41-15-5-3-4-14-27(29,30)31/h6-10,13,20H,2-5,11-12,14-16H2,1H3,(H,35,37)(H,36,38). The van der Waals surface area contributed by atoms with Crippen LogP contribution in [0.5, 0.6) is 5.75 Å². The highest BCUT2D eigenvalue weighted by molar-refractivity contribution is 7.91. The van der Waals surface area contributed by atoms with E-state index in [4.69, 9.17) is 4.74 Å². The molecule has 0 saturated heterocycles. The van der Waals surface area contributed by atoms with E-state index in [0.29, 0.717) is 25.7 Å². The third-order valence-corrected chi connectivity index (χ3v) is 10.3. The van der Waals surface area contributed by atoms with Gasteiger partial charge in [0, 0.05) is 22.6 Å². The Morgan fingerprint density at radius 3 is 2.28 bits per heavy atom. The van der Waals surface area contributed by atoms with Gasteiger partial charge < -0.3 is 10.1 Å². The van der Waals surface area contributed by atoms with Gasteiger partial charge in [-0.2, -0.15) is 26.3 Å². The Morgan fingerprint density at radius 2 is 1.72 bits per heavy atom. The fraction of sp³-hybridized carbons (Fsp3) is 0.500. The highest BCUT2D eigenvalue weighted by atomic mass is 32.2. The number of hydrogen-bond donors (Lipinski definition) is 2. The average molecular weight is 653 g/mol. The number of thiophene rings is 1. The monoisotopic (exact) mass is 652 g/mol. The molecule has 43 heavy (non-hydrogen) atoms. The molecule has 2 aromatic rings. The first-order chi connectivity index (χ1) is 20.1. The largest absolute Gasteiger partial charge is 0.494 e. The van der Waals surface area contributed by atoms with Crippen molar-refractivity contribution in [3.63, 3.8) is 0 Å². The van der Waals surface area contributed by atoms with Crippen LogP contribution in [0.1, 0.15) is 67.2 Å². The molecule has 1 saturated carbocycles. The van der Waals surface area contributed by atoms with Crippen LogP contribution in [0.4, 0.5) is 26.3 Å². The third-order valence-electron chi connectivity index (χ3n) is 7.23. The van der Waals surface area contributed by atoms with Gasteiger partial charge >= 0.3 is 12.4 Å². The lowest BCUT2D eigenvalue weighted by Gasteiger charge is -2.41. The predicted octanol–water partition coefficient (Wildman–Crippen LogP) is 6.15. The summed E-state index contributed by atoms with van der Waals surface area (Å²) in [7, 11) is -4.09. The van der Waals surface area contributed by atoms with Gasteiger partial charge in [0.1, 0.15) is 11.3 Å². The Morgan fingerprint density at radius 1 is 1.05 bits per heavy atom. The first kappa shape index (κ1) is 32.8. The second-order valence-electron chi connectivity index (χ2n) is 10.5. The summed E-state index contributed by atoms with van der Waals surface area (Å²) < 4.78 is 114. The molecular weight excluding hydrogens is 622 g/mol. The Labute approximate surface area is 248 Å². The molecule has 1 fully saturated rings. The van der Waals surface area contributed by atoms with Crippen molar-refractivity contribution in [2.75, 3.05) is 6.61 Å². The number of carbonyl (C=O) groups is 2. The van der Waals surface area contributed by atoms with E-state index in [2.05, 4.69) is 0 Å². The van der Waals surface area contributed by atoms with Gasteiger partial charge in [0.25, 0.3) is 11.8 Å². The normalized spacial score (nSPS) is 19.7. The van der Waals surface area contributed by atoms with Gasteiger partial charge in [-0.1, -0.05) is 19.1 Å². The molecular formula is C28H30F6N2O5S2. The predicted molar refractivity (Wildman–Crippen MR) is 148 cm³/mol. The summed E-state index contributed by atoms with van der Waals surface area (Å²) in [4.78, 5) is 27.5. The van der Waals surface area contributed by atoms with Gasteiger partial charge in [-0.25, -0.2) is 13.1 Å². The molecule has 1 aliphatic carbocycles. The first-order valence-corrected chi connectivity index (χ1v) is 16.0. The fourth-order valence-electron chi connectivity index (χ4n) is 4.75. The number of amides is 2. The van der Waals surface area contributed by atoms with Crippen molar-refractivity contribution in [3.05, 3.63) is 57.3 Å². The van der Waals surface area contributed by atoms with E-state index in [-0.39, 0.29) is 41.2 Å². The van der Waals surface area contributed by atoms with Crippen molar-refractivity contribution in [2.24, 2.45) is 0 Å². The van der Waals surface area contributed by atoms with Gasteiger partial charge in [-0.3, -0.25) is 9.59 Å². The van der Waals surface area contributed by atoms with Crippen LogP contribution in [0.25, 0.3) is 5.57 Å². The molecule has 1 unspecified atom stereocenters. The zero-order valence-electron chi connectivity index (χ0n) is 23.0. The molecule has 236 valence electrons. The number of unbranched alkanes of at least 4 members (excludes halogenated alkanes) is 2. The number of carbonyl (C=O) groups excluding carboxylic acids is 2. The summed E-state index contributed by atoms with van der Waals surface area (Å²) in [5.41, 5.74) is -4.22. The Kier molecular flexibility index (Phi) is 9.55. The van der Waals surface area contributed by atoms with Crippen LogP contribution in [0.3, 0.4) is 0 Å². The van der Waals surface area contributed by atoms with E-state index in [1.807, 2.05) is 17.0 Å². The second kappa shape index (κ2) is 12.5. The minimum atomic E-state index is -5.04. The number of ether oxygens (including phenoxy) is 1. The molecule has 15 heteroatoms. The average Bonchev–Trinajstić information content (AvgIpc) is 3.67. The highest BCUT2D eigenvalue weighted by Crippen LogP contribution is 2.49.